The fraction of sp³-hybridized carbons (Fsp3) is 0.375. The lowest BCUT2D eigenvalue weighted by Gasteiger charge is -2.18. The van der Waals surface area contributed by atoms with E-state index < -0.39 is 13.6 Å². The highest BCUT2D eigenvalue weighted by molar-refractivity contribution is 7.48. The van der Waals surface area contributed by atoms with E-state index in [1.165, 1.54) is 6.92 Å². The van der Waals surface area contributed by atoms with Gasteiger partial charge in [-0.2, -0.15) is 0 Å². The molecule has 0 radical (unpaired) electrons. The van der Waals surface area contributed by atoms with Crippen LogP contribution in [0.2, 0.25) is 0 Å². The molecule has 1 aromatic carbocycles. The van der Waals surface area contributed by atoms with E-state index in [9.17, 15) is 9.36 Å². The van der Waals surface area contributed by atoms with Crippen molar-refractivity contribution in [1.29, 1.82) is 0 Å². The molecular weight excluding hydrogens is 491 g/mol. The summed E-state index contributed by atoms with van der Waals surface area (Å²) in [6.07, 6.45) is 2.79. The number of hydrogen-bond donors (Lipinski definition) is 0. The molecule has 0 amide bonds. The lowest BCUT2D eigenvalue weighted by atomic mass is 10.1. The van der Waals surface area contributed by atoms with Crippen molar-refractivity contribution in [2.45, 2.75) is 33.6 Å². The quantitative estimate of drug-likeness (QED) is 0.312. The van der Waals surface area contributed by atoms with E-state index in [-0.39, 0.29) is 43.2 Å². The predicted molar refractivity (Wildman–Crippen MR) is 130 cm³/mol. The topological polar surface area (TPSA) is 115 Å². The summed E-state index contributed by atoms with van der Waals surface area (Å²) in [6, 6.07) is 7.88. The fourth-order valence-electron chi connectivity index (χ4n) is 3.59. The van der Waals surface area contributed by atoms with Crippen LogP contribution in [-0.4, -0.2) is 36.7 Å². The van der Waals surface area contributed by atoms with Gasteiger partial charge in [0.25, 0.3) is 5.95 Å². The Bertz CT molecular complexity index is 1380. The molecule has 0 saturated heterocycles. The lowest BCUT2D eigenvalue weighted by molar-refractivity contribution is 0.0775. The summed E-state index contributed by atoms with van der Waals surface area (Å²) in [7, 11) is -0.159. The zero-order valence-electron chi connectivity index (χ0n) is 20.6. The van der Waals surface area contributed by atoms with Gasteiger partial charge in [-0.15, -0.1) is 0 Å². The van der Waals surface area contributed by atoms with Gasteiger partial charge in [0.1, 0.15) is 31.5 Å². The molecule has 1 atom stereocenters. The van der Waals surface area contributed by atoms with Gasteiger partial charge in [-0.25, -0.2) is 9.36 Å². The van der Waals surface area contributed by atoms with Gasteiger partial charge >= 0.3 is 13.6 Å². The smallest absolute Gasteiger partial charge is 0.428 e. The van der Waals surface area contributed by atoms with Crippen LogP contribution in [0.15, 0.2) is 68.1 Å². The van der Waals surface area contributed by atoms with E-state index in [1.807, 2.05) is 49.1 Å². The SMILES string of the molecule is C=C1OC(C)=C(COP(=O)(OCc2oc(=O)oc2C)OCn2cc(CCN(C)C)c3ccccc32)O1. The highest BCUT2D eigenvalue weighted by atomic mass is 31.2. The van der Waals surface area contributed by atoms with Crippen molar-refractivity contribution in [1.82, 2.24) is 9.47 Å². The molecule has 1 aliphatic heterocycles. The number of phosphoric ester groups is 1. The Morgan fingerprint density at radius 1 is 1.06 bits per heavy atom. The zero-order chi connectivity index (χ0) is 25.9. The molecule has 12 heteroatoms. The molecule has 1 aliphatic rings. The monoisotopic (exact) mass is 520 g/mol. The minimum Gasteiger partial charge on any atom is -0.428 e. The van der Waals surface area contributed by atoms with Gasteiger partial charge < -0.3 is 27.8 Å². The Hall–Kier alpha value is -3.08. The number of nitrogens with zero attached hydrogens (tertiary/aromatic N) is 2. The van der Waals surface area contributed by atoms with Gasteiger partial charge in [0.05, 0.1) is 5.52 Å². The molecule has 0 saturated carbocycles. The third kappa shape index (κ3) is 6.18. The number of allylic oxidation sites excluding steroid dienone is 1. The van der Waals surface area contributed by atoms with Gasteiger partial charge in [0, 0.05) is 18.1 Å². The maximum absolute atomic E-state index is 13.6. The molecule has 0 fully saturated rings. The van der Waals surface area contributed by atoms with Gasteiger partial charge in [-0.1, -0.05) is 18.2 Å². The number of aryl methyl sites for hydroxylation is 1. The number of fused-ring (bicyclic) bond motifs is 1. The average molecular weight is 520 g/mol. The largest absolute Gasteiger partial charge is 0.519 e. The Morgan fingerprint density at radius 3 is 2.47 bits per heavy atom. The molecule has 194 valence electrons. The van der Waals surface area contributed by atoms with E-state index in [4.69, 9.17) is 31.9 Å². The summed E-state index contributed by atoms with van der Waals surface area (Å²) >= 11 is 0. The van der Waals surface area contributed by atoms with Crippen molar-refractivity contribution in [2.24, 2.45) is 0 Å². The van der Waals surface area contributed by atoms with Gasteiger partial charge in [0.15, 0.2) is 11.5 Å². The van der Waals surface area contributed by atoms with E-state index in [2.05, 4.69) is 11.5 Å². The minimum atomic E-state index is -4.19. The summed E-state index contributed by atoms with van der Waals surface area (Å²) in [5, 5.41) is 1.08. The molecule has 0 aliphatic carbocycles. The number of hydrogen-bond acceptors (Lipinski definition) is 10. The number of para-hydroxylation sites is 1. The van der Waals surface area contributed by atoms with Crippen LogP contribution in [0.3, 0.4) is 0 Å². The van der Waals surface area contributed by atoms with Crippen molar-refractivity contribution in [3.63, 3.8) is 0 Å². The first-order chi connectivity index (χ1) is 17.1. The maximum Gasteiger partial charge on any atom is 0.519 e. The van der Waals surface area contributed by atoms with Crippen LogP contribution >= 0.6 is 7.82 Å². The maximum atomic E-state index is 13.6. The third-order valence-corrected chi connectivity index (χ3v) is 6.82. The van der Waals surface area contributed by atoms with E-state index >= 15 is 0 Å². The molecular formula is C24H29N2O9P. The van der Waals surface area contributed by atoms with Crippen molar-refractivity contribution >= 4 is 18.7 Å². The molecule has 0 N–H and O–H groups in total. The van der Waals surface area contributed by atoms with Crippen molar-refractivity contribution in [3.8, 4) is 0 Å². The summed E-state index contributed by atoms with van der Waals surface area (Å²) in [6.45, 7) is 6.92. The van der Waals surface area contributed by atoms with Crippen LogP contribution in [-0.2, 0) is 47.4 Å². The van der Waals surface area contributed by atoms with Gasteiger partial charge in [-0.05, 0) is 52.6 Å². The zero-order valence-corrected chi connectivity index (χ0v) is 21.5. The Balaban J connectivity index is 1.53. The second-order valence-electron chi connectivity index (χ2n) is 8.44. The van der Waals surface area contributed by atoms with Gasteiger partial charge in [0.2, 0.25) is 0 Å². The van der Waals surface area contributed by atoms with Crippen molar-refractivity contribution in [2.75, 3.05) is 27.2 Å². The molecule has 3 aromatic rings. The van der Waals surface area contributed by atoms with Crippen LogP contribution < -0.4 is 5.82 Å². The minimum absolute atomic E-state index is 0.0778. The third-order valence-electron chi connectivity index (χ3n) is 5.49. The summed E-state index contributed by atoms with van der Waals surface area (Å²) in [5.74, 6) is 0.191. The summed E-state index contributed by atoms with van der Waals surface area (Å²) in [5.41, 5.74) is 2.04. The highest BCUT2D eigenvalue weighted by Gasteiger charge is 2.31. The standard InChI is InChI=1S/C24H29N2O9P/c1-16-22(34-18(3)32-16)13-29-36(28,30-14-23-17(2)33-24(27)35-23)31-15-26-12-19(10-11-25(4)5)20-8-6-7-9-21(20)26/h6-9,12H,3,10-11,13-15H2,1-2,4-5H3. The van der Waals surface area contributed by atoms with E-state index in [0.717, 1.165) is 29.4 Å². The molecule has 1 unspecified atom stereocenters. The first kappa shape index (κ1) is 26.0. The number of likely N-dealkylation sites (N-methyl/N-ethyl adjacent to an activating group) is 1. The van der Waals surface area contributed by atoms with Crippen LogP contribution in [0.4, 0.5) is 0 Å². The number of rotatable bonds is 12. The second kappa shape index (κ2) is 10.9. The van der Waals surface area contributed by atoms with E-state index in [0.29, 0.717) is 5.76 Å². The number of phosphoric acid groups is 1. The van der Waals surface area contributed by atoms with Crippen LogP contribution in [0, 0.1) is 6.92 Å². The molecule has 0 bridgehead atoms. The van der Waals surface area contributed by atoms with Crippen LogP contribution in [0.1, 0.15) is 24.0 Å². The molecule has 2 aromatic heterocycles. The summed E-state index contributed by atoms with van der Waals surface area (Å²) < 4.78 is 52.6. The average Bonchev–Trinajstić information content (AvgIpc) is 3.47. The van der Waals surface area contributed by atoms with Crippen molar-refractivity contribution in [3.05, 3.63) is 82.2 Å². The Morgan fingerprint density at radius 2 is 1.81 bits per heavy atom. The first-order valence-corrected chi connectivity index (χ1v) is 12.7. The van der Waals surface area contributed by atoms with Crippen LogP contribution in [0.25, 0.3) is 10.9 Å². The van der Waals surface area contributed by atoms with Crippen molar-refractivity contribution < 1.29 is 36.4 Å². The Labute approximate surface area is 208 Å². The van der Waals surface area contributed by atoms with E-state index in [1.54, 1.807) is 6.92 Å². The predicted octanol–water partition coefficient (Wildman–Crippen LogP) is 4.67. The molecule has 0 spiro atoms. The lowest BCUT2D eigenvalue weighted by Crippen LogP contribution is -2.14. The Kier molecular flexibility index (Phi) is 7.87. The number of ether oxygens (including phenoxy) is 2. The molecule has 3 heterocycles. The van der Waals surface area contributed by atoms with Crippen LogP contribution in [0.5, 0.6) is 0 Å². The number of aromatic nitrogens is 1. The molecule has 11 nitrogen and oxygen atoms in total. The normalized spacial score (nSPS) is 15.5. The molecule has 36 heavy (non-hydrogen) atoms. The fourth-order valence-corrected chi connectivity index (χ4v) is 4.63. The molecule has 4 rings (SSSR count). The highest BCUT2D eigenvalue weighted by Crippen LogP contribution is 2.51. The summed E-state index contributed by atoms with van der Waals surface area (Å²) in [4.78, 5) is 13.5. The first-order valence-electron chi connectivity index (χ1n) is 11.2. The number of benzene rings is 1. The second-order valence-corrected chi connectivity index (χ2v) is 10.1. The van der Waals surface area contributed by atoms with Gasteiger partial charge in [-0.3, -0.25) is 13.6 Å².